The second-order valence-electron chi connectivity index (χ2n) is 8.09. The minimum Gasteiger partial charge on any atom is -0.393 e. The molecule has 0 fully saturated rings. The highest BCUT2D eigenvalue weighted by atomic mass is 15.0. The summed E-state index contributed by atoms with van der Waals surface area (Å²) in [6.45, 7) is 13.6. The molecule has 0 saturated heterocycles. The molecule has 0 N–H and O–H groups in total. The molecule has 116 valence electrons. The van der Waals surface area contributed by atoms with Crippen LogP contribution in [0.4, 0.5) is 11.4 Å². The maximum absolute atomic E-state index is 2.33. The minimum atomic E-state index is 0.127. The molecular weight excluding hydrogens is 265 g/mol. The Morgan fingerprint density at radius 3 is 1.27 bits per heavy atom. The Bertz CT molecular complexity index is 590. The largest absolute Gasteiger partial charge is 0.393 e. The van der Waals surface area contributed by atoms with Crippen molar-refractivity contribution in [2.75, 3.05) is 4.81 Å². The van der Waals surface area contributed by atoms with Crippen molar-refractivity contribution in [1.82, 2.24) is 0 Å². The molecule has 0 spiro atoms. The molecular formula is C20H28BN. The van der Waals surface area contributed by atoms with Gasteiger partial charge in [0.1, 0.15) is 0 Å². The number of hydrogen-bond donors (Lipinski definition) is 0. The van der Waals surface area contributed by atoms with Gasteiger partial charge < -0.3 is 4.81 Å². The van der Waals surface area contributed by atoms with E-state index in [4.69, 9.17) is 0 Å². The first-order chi connectivity index (χ1) is 10.1. The van der Waals surface area contributed by atoms with Crippen molar-refractivity contribution >= 4 is 19.4 Å². The van der Waals surface area contributed by atoms with Gasteiger partial charge in [0.25, 0.3) is 0 Å². The molecule has 0 aliphatic heterocycles. The lowest BCUT2D eigenvalue weighted by Crippen LogP contribution is -2.23. The molecule has 0 aromatic heterocycles. The molecule has 0 radical (unpaired) electrons. The van der Waals surface area contributed by atoms with Crippen LogP contribution >= 0.6 is 0 Å². The smallest absolute Gasteiger partial charge is 0.223 e. The number of para-hydroxylation sites is 2. The minimum absolute atomic E-state index is 0.127. The van der Waals surface area contributed by atoms with Gasteiger partial charge in [-0.3, -0.25) is 0 Å². The van der Waals surface area contributed by atoms with Crippen molar-refractivity contribution in [2.45, 2.75) is 52.4 Å². The van der Waals surface area contributed by atoms with E-state index < -0.39 is 0 Å². The van der Waals surface area contributed by atoms with E-state index >= 15 is 0 Å². The third-order valence-corrected chi connectivity index (χ3v) is 4.15. The fourth-order valence-electron chi connectivity index (χ4n) is 2.93. The molecule has 1 nitrogen and oxygen atoms in total. The van der Waals surface area contributed by atoms with E-state index in [0.717, 1.165) is 0 Å². The van der Waals surface area contributed by atoms with E-state index in [2.05, 4.69) is 103 Å². The first-order valence-corrected chi connectivity index (χ1v) is 8.05. The molecule has 0 heterocycles. The zero-order chi connectivity index (χ0) is 16.5. The lowest BCUT2D eigenvalue weighted by molar-refractivity contribution is 0.588. The van der Waals surface area contributed by atoms with E-state index in [9.17, 15) is 0 Å². The Morgan fingerprint density at radius 1 is 0.636 bits per heavy atom. The van der Waals surface area contributed by atoms with Crippen LogP contribution in [0, 0.1) is 0 Å². The van der Waals surface area contributed by atoms with Crippen LogP contribution in [0.15, 0.2) is 48.5 Å². The van der Waals surface area contributed by atoms with Crippen molar-refractivity contribution in [1.29, 1.82) is 0 Å². The Balaban J connectivity index is 2.58. The number of nitrogens with zero attached hydrogens (tertiary/aromatic N) is 1. The highest BCUT2D eigenvalue weighted by Gasteiger charge is 2.23. The highest BCUT2D eigenvalue weighted by molar-refractivity contribution is 6.23. The molecule has 0 unspecified atom stereocenters. The van der Waals surface area contributed by atoms with E-state index in [-0.39, 0.29) is 10.8 Å². The van der Waals surface area contributed by atoms with Crippen LogP contribution in [0.25, 0.3) is 0 Å². The van der Waals surface area contributed by atoms with Crippen LogP contribution in [0.1, 0.15) is 52.7 Å². The Kier molecular flexibility index (Phi) is 4.42. The molecule has 2 aromatic carbocycles. The van der Waals surface area contributed by atoms with E-state index in [1.807, 2.05) is 0 Å². The Labute approximate surface area is 136 Å². The van der Waals surface area contributed by atoms with Crippen LogP contribution in [0.5, 0.6) is 0 Å². The van der Waals surface area contributed by atoms with Gasteiger partial charge in [-0.25, -0.2) is 0 Å². The van der Waals surface area contributed by atoms with Gasteiger partial charge in [0.2, 0.25) is 7.98 Å². The number of benzene rings is 2. The topological polar surface area (TPSA) is 3.24 Å². The van der Waals surface area contributed by atoms with Gasteiger partial charge in [-0.1, -0.05) is 77.9 Å². The third kappa shape index (κ3) is 3.37. The van der Waals surface area contributed by atoms with Gasteiger partial charge in [-0.05, 0) is 34.1 Å². The summed E-state index contributed by atoms with van der Waals surface area (Å²) in [7, 11) is 2.18. The summed E-state index contributed by atoms with van der Waals surface area (Å²) in [6, 6.07) is 17.4. The summed E-state index contributed by atoms with van der Waals surface area (Å²) in [6.07, 6.45) is 0. The van der Waals surface area contributed by atoms with Gasteiger partial charge in [-0.15, -0.1) is 0 Å². The van der Waals surface area contributed by atoms with Crippen LogP contribution in [0.3, 0.4) is 0 Å². The van der Waals surface area contributed by atoms with Gasteiger partial charge in [0, 0.05) is 11.4 Å². The van der Waals surface area contributed by atoms with Crippen molar-refractivity contribution in [3.05, 3.63) is 59.7 Å². The fourth-order valence-corrected chi connectivity index (χ4v) is 2.93. The van der Waals surface area contributed by atoms with E-state index in [1.165, 1.54) is 22.5 Å². The summed E-state index contributed by atoms with van der Waals surface area (Å²) in [5.74, 6) is 0. The molecule has 2 rings (SSSR count). The zero-order valence-electron chi connectivity index (χ0n) is 15.1. The Hall–Kier alpha value is -1.70. The second kappa shape index (κ2) is 5.83. The third-order valence-electron chi connectivity index (χ3n) is 4.15. The molecule has 0 bridgehead atoms. The van der Waals surface area contributed by atoms with Gasteiger partial charge in [0.05, 0.1) is 0 Å². The molecule has 2 heteroatoms. The van der Waals surface area contributed by atoms with Crippen molar-refractivity contribution in [3.63, 3.8) is 0 Å². The van der Waals surface area contributed by atoms with Crippen molar-refractivity contribution in [3.8, 4) is 0 Å². The van der Waals surface area contributed by atoms with Crippen LogP contribution in [0.2, 0.25) is 0 Å². The van der Waals surface area contributed by atoms with Crippen LogP contribution < -0.4 is 4.81 Å². The SMILES string of the molecule is BN(c1ccccc1C(C)(C)C)c1ccccc1C(C)(C)C. The summed E-state index contributed by atoms with van der Waals surface area (Å²) < 4.78 is 0. The molecule has 0 amide bonds. The van der Waals surface area contributed by atoms with Crippen LogP contribution in [-0.4, -0.2) is 7.98 Å². The summed E-state index contributed by atoms with van der Waals surface area (Å²) in [5.41, 5.74) is 5.57. The van der Waals surface area contributed by atoms with Gasteiger partial charge in [-0.2, -0.15) is 0 Å². The lowest BCUT2D eigenvalue weighted by Gasteiger charge is -2.33. The number of rotatable bonds is 2. The highest BCUT2D eigenvalue weighted by Crippen LogP contribution is 2.38. The number of anilines is 2. The molecule has 2 aromatic rings. The van der Waals surface area contributed by atoms with Gasteiger partial charge in [0.15, 0.2) is 0 Å². The summed E-state index contributed by atoms with van der Waals surface area (Å²) >= 11 is 0. The monoisotopic (exact) mass is 293 g/mol. The standard InChI is InChI=1S/C20H28BN/c1-19(2,3)15-11-7-9-13-17(15)22(21)18-14-10-8-12-16(18)20(4,5)6/h7-14H,21H2,1-6H3. The first kappa shape index (κ1) is 16.7. The van der Waals surface area contributed by atoms with Crippen molar-refractivity contribution in [2.24, 2.45) is 0 Å². The second-order valence-corrected chi connectivity index (χ2v) is 8.09. The maximum Gasteiger partial charge on any atom is 0.223 e. The molecule has 0 atom stereocenters. The summed E-state index contributed by atoms with van der Waals surface area (Å²) in [4.78, 5) is 2.33. The van der Waals surface area contributed by atoms with E-state index in [1.54, 1.807) is 0 Å². The average Bonchev–Trinajstić information content (AvgIpc) is 2.45. The predicted molar refractivity (Wildman–Crippen MR) is 101 cm³/mol. The normalized spacial score (nSPS) is 12.3. The predicted octanol–water partition coefficient (Wildman–Crippen LogP) is 4.97. The number of hydrogen-bond acceptors (Lipinski definition) is 1. The molecule has 0 saturated carbocycles. The molecule has 22 heavy (non-hydrogen) atoms. The Morgan fingerprint density at radius 2 is 0.955 bits per heavy atom. The molecule has 0 aliphatic carbocycles. The van der Waals surface area contributed by atoms with Gasteiger partial charge >= 0.3 is 0 Å². The summed E-state index contributed by atoms with van der Waals surface area (Å²) in [5, 5.41) is 0. The fraction of sp³-hybridized carbons (Fsp3) is 0.400. The maximum atomic E-state index is 2.33. The average molecular weight is 293 g/mol. The quantitative estimate of drug-likeness (QED) is 0.707. The van der Waals surface area contributed by atoms with Crippen molar-refractivity contribution < 1.29 is 0 Å². The first-order valence-electron chi connectivity index (χ1n) is 8.05. The van der Waals surface area contributed by atoms with Crippen LogP contribution in [-0.2, 0) is 10.8 Å². The molecule has 0 aliphatic rings. The lowest BCUT2D eigenvalue weighted by atomic mass is 9.83. The van der Waals surface area contributed by atoms with E-state index in [0.29, 0.717) is 0 Å². The zero-order valence-corrected chi connectivity index (χ0v) is 15.1.